The molecular weight excluding hydrogens is 456 g/mol. The van der Waals surface area contributed by atoms with Crippen LogP contribution in [0.3, 0.4) is 0 Å². The second kappa shape index (κ2) is 7.96. The van der Waals surface area contributed by atoms with E-state index in [1.807, 2.05) is 36.4 Å². The summed E-state index contributed by atoms with van der Waals surface area (Å²) in [6.45, 7) is 0.711. The summed E-state index contributed by atoms with van der Waals surface area (Å²) in [5, 5.41) is 3.27. The predicted molar refractivity (Wildman–Crippen MR) is 116 cm³/mol. The van der Waals surface area contributed by atoms with Gasteiger partial charge in [0.1, 0.15) is 0 Å². The molecule has 0 spiro atoms. The van der Waals surface area contributed by atoms with Gasteiger partial charge >= 0.3 is 0 Å². The van der Waals surface area contributed by atoms with Crippen molar-refractivity contribution in [3.05, 3.63) is 76.8 Å². The summed E-state index contributed by atoms with van der Waals surface area (Å²) in [6.07, 6.45) is 0. The van der Waals surface area contributed by atoms with E-state index in [0.29, 0.717) is 29.4 Å². The average Bonchev–Trinajstić information content (AvgIpc) is 3.19. The van der Waals surface area contributed by atoms with Gasteiger partial charge in [-0.2, -0.15) is 0 Å². The number of hydrogen-bond acceptors (Lipinski definition) is 5. The van der Waals surface area contributed by atoms with Crippen LogP contribution in [0.4, 0.5) is 11.4 Å². The zero-order chi connectivity index (χ0) is 20.4. The highest BCUT2D eigenvalue weighted by Gasteiger charge is 2.21. The zero-order valence-electron chi connectivity index (χ0n) is 15.6. The Kier molecular flexibility index (Phi) is 5.38. The van der Waals surface area contributed by atoms with Crippen LogP contribution in [0.5, 0.6) is 11.5 Å². The van der Waals surface area contributed by atoms with Crippen molar-refractivity contribution in [3.63, 3.8) is 0 Å². The number of fused-ring (bicyclic) bond motifs is 1. The van der Waals surface area contributed by atoms with Gasteiger partial charge in [-0.25, -0.2) is 8.42 Å². The largest absolute Gasteiger partial charge is 0.454 e. The van der Waals surface area contributed by atoms with Crippen LogP contribution < -0.4 is 19.1 Å². The Hall–Kier alpha value is -2.71. The summed E-state index contributed by atoms with van der Waals surface area (Å²) < 4.78 is 39.0. The van der Waals surface area contributed by atoms with Crippen LogP contribution in [0, 0.1) is 0 Å². The molecule has 29 heavy (non-hydrogen) atoms. The quantitative estimate of drug-likeness (QED) is 0.564. The minimum absolute atomic E-state index is 0.216. The van der Waals surface area contributed by atoms with Gasteiger partial charge in [0.05, 0.1) is 10.6 Å². The first-order valence-electron chi connectivity index (χ1n) is 8.91. The summed E-state index contributed by atoms with van der Waals surface area (Å²) in [7, 11) is -2.12. The molecule has 1 aliphatic rings. The number of ether oxygens (including phenoxy) is 2. The van der Waals surface area contributed by atoms with E-state index in [-0.39, 0.29) is 11.7 Å². The number of sulfonamides is 1. The van der Waals surface area contributed by atoms with Gasteiger partial charge in [0.15, 0.2) is 11.5 Å². The summed E-state index contributed by atoms with van der Waals surface area (Å²) in [5.74, 6) is 1.41. The first kappa shape index (κ1) is 19.6. The van der Waals surface area contributed by atoms with Crippen molar-refractivity contribution < 1.29 is 17.9 Å². The third-order valence-electron chi connectivity index (χ3n) is 4.64. The van der Waals surface area contributed by atoms with E-state index in [1.54, 1.807) is 37.4 Å². The van der Waals surface area contributed by atoms with Crippen LogP contribution in [-0.2, 0) is 16.6 Å². The molecule has 0 aliphatic carbocycles. The zero-order valence-corrected chi connectivity index (χ0v) is 18.0. The lowest BCUT2D eigenvalue weighted by Gasteiger charge is -2.20. The van der Waals surface area contributed by atoms with Crippen molar-refractivity contribution in [1.29, 1.82) is 0 Å². The fraction of sp³-hybridized carbons (Fsp3) is 0.143. The standard InChI is InChI=1S/C21H19BrN2O4S/c1-24(17-7-3-2-4-8-17)29(25,26)18-9-5-6-16(11-18)23-13-15-10-20-21(12-19(15)22)28-14-27-20/h2-12,23H,13-14H2,1H3. The van der Waals surface area contributed by atoms with E-state index < -0.39 is 10.0 Å². The molecule has 0 saturated carbocycles. The fourth-order valence-corrected chi connectivity index (χ4v) is 4.70. The Labute approximate surface area is 178 Å². The summed E-state index contributed by atoms with van der Waals surface area (Å²) in [4.78, 5) is 0.221. The van der Waals surface area contributed by atoms with Crippen LogP contribution in [0.15, 0.2) is 76.1 Å². The molecule has 150 valence electrons. The molecule has 0 bridgehead atoms. The van der Waals surface area contributed by atoms with E-state index >= 15 is 0 Å². The highest BCUT2D eigenvalue weighted by molar-refractivity contribution is 9.10. The maximum Gasteiger partial charge on any atom is 0.264 e. The minimum atomic E-state index is -3.67. The lowest BCUT2D eigenvalue weighted by atomic mass is 10.2. The molecule has 1 heterocycles. The van der Waals surface area contributed by atoms with Crippen molar-refractivity contribution in [1.82, 2.24) is 0 Å². The molecule has 0 unspecified atom stereocenters. The van der Waals surface area contributed by atoms with Crippen molar-refractivity contribution >= 4 is 37.3 Å². The van der Waals surface area contributed by atoms with Crippen LogP contribution in [-0.4, -0.2) is 22.3 Å². The molecule has 0 atom stereocenters. The third-order valence-corrected chi connectivity index (χ3v) is 7.16. The van der Waals surface area contributed by atoms with E-state index in [0.717, 1.165) is 10.0 Å². The molecule has 0 radical (unpaired) electrons. The fourth-order valence-electron chi connectivity index (χ4n) is 2.99. The van der Waals surface area contributed by atoms with Gasteiger partial charge in [0, 0.05) is 23.8 Å². The number of rotatable bonds is 6. The Morgan fingerprint density at radius 1 is 1.00 bits per heavy atom. The molecule has 8 heteroatoms. The van der Waals surface area contributed by atoms with Gasteiger partial charge in [-0.3, -0.25) is 4.31 Å². The SMILES string of the molecule is CN(c1ccccc1)S(=O)(=O)c1cccc(NCc2cc3c(cc2Br)OCO3)c1. The van der Waals surface area contributed by atoms with Crippen molar-refractivity contribution in [3.8, 4) is 11.5 Å². The molecule has 3 aromatic carbocycles. The predicted octanol–water partition coefficient (Wildman–Crippen LogP) is 4.62. The Balaban J connectivity index is 1.53. The second-order valence-electron chi connectivity index (χ2n) is 6.49. The monoisotopic (exact) mass is 474 g/mol. The molecule has 1 aliphatic heterocycles. The van der Waals surface area contributed by atoms with Gasteiger partial charge in [-0.1, -0.05) is 40.2 Å². The minimum Gasteiger partial charge on any atom is -0.454 e. The number of nitrogens with one attached hydrogen (secondary N) is 1. The van der Waals surface area contributed by atoms with Crippen LogP contribution in [0.25, 0.3) is 0 Å². The Bertz CT molecular complexity index is 1140. The summed E-state index contributed by atoms with van der Waals surface area (Å²) >= 11 is 3.54. The van der Waals surface area contributed by atoms with Crippen molar-refractivity contribution in [2.75, 3.05) is 23.5 Å². The third kappa shape index (κ3) is 4.04. The molecule has 1 N–H and O–H groups in total. The smallest absolute Gasteiger partial charge is 0.264 e. The molecule has 0 saturated heterocycles. The van der Waals surface area contributed by atoms with E-state index in [4.69, 9.17) is 9.47 Å². The molecule has 6 nitrogen and oxygen atoms in total. The number of para-hydroxylation sites is 1. The molecule has 4 rings (SSSR count). The average molecular weight is 475 g/mol. The summed E-state index contributed by atoms with van der Waals surface area (Å²) in [6, 6.07) is 19.6. The summed E-state index contributed by atoms with van der Waals surface area (Å²) in [5.41, 5.74) is 2.29. The maximum absolute atomic E-state index is 13.0. The van der Waals surface area contributed by atoms with Gasteiger partial charge in [-0.15, -0.1) is 0 Å². The van der Waals surface area contributed by atoms with E-state index in [2.05, 4.69) is 21.2 Å². The van der Waals surface area contributed by atoms with Crippen LogP contribution >= 0.6 is 15.9 Å². The maximum atomic E-state index is 13.0. The molecule has 0 fully saturated rings. The number of hydrogen-bond donors (Lipinski definition) is 1. The lowest BCUT2D eigenvalue weighted by Crippen LogP contribution is -2.26. The number of anilines is 2. The van der Waals surface area contributed by atoms with Crippen LogP contribution in [0.2, 0.25) is 0 Å². The van der Waals surface area contributed by atoms with Crippen molar-refractivity contribution in [2.45, 2.75) is 11.4 Å². The molecular formula is C21H19BrN2O4S. The van der Waals surface area contributed by atoms with Gasteiger partial charge in [-0.05, 0) is 48.0 Å². The van der Waals surface area contributed by atoms with Crippen molar-refractivity contribution in [2.24, 2.45) is 0 Å². The van der Waals surface area contributed by atoms with Gasteiger partial charge < -0.3 is 14.8 Å². The van der Waals surface area contributed by atoms with E-state index in [1.165, 1.54) is 4.31 Å². The highest BCUT2D eigenvalue weighted by atomic mass is 79.9. The van der Waals surface area contributed by atoms with Gasteiger partial charge in [0.2, 0.25) is 6.79 Å². The number of nitrogens with zero attached hydrogens (tertiary/aromatic N) is 1. The molecule has 0 aromatic heterocycles. The van der Waals surface area contributed by atoms with Crippen LogP contribution in [0.1, 0.15) is 5.56 Å². The first-order valence-corrected chi connectivity index (χ1v) is 11.1. The highest BCUT2D eigenvalue weighted by Crippen LogP contribution is 2.37. The lowest BCUT2D eigenvalue weighted by molar-refractivity contribution is 0.174. The number of benzene rings is 3. The topological polar surface area (TPSA) is 67.9 Å². The molecule has 3 aromatic rings. The Morgan fingerprint density at radius 2 is 1.72 bits per heavy atom. The second-order valence-corrected chi connectivity index (χ2v) is 9.31. The van der Waals surface area contributed by atoms with Gasteiger partial charge in [0.25, 0.3) is 10.0 Å². The normalized spacial score (nSPS) is 12.6. The Morgan fingerprint density at radius 3 is 2.48 bits per heavy atom. The van der Waals surface area contributed by atoms with E-state index in [9.17, 15) is 8.42 Å². The molecule has 0 amide bonds. The number of halogens is 1. The first-order chi connectivity index (χ1) is 13.9.